The lowest BCUT2D eigenvalue weighted by molar-refractivity contribution is 0.579. The quantitative estimate of drug-likeness (QED) is 0.163. The van der Waals surface area contributed by atoms with Crippen LogP contribution in [0.4, 0.5) is 0 Å². The zero-order valence-electron chi connectivity index (χ0n) is 38.6. The molecule has 0 saturated heterocycles. The third kappa shape index (κ3) is 8.43. The van der Waals surface area contributed by atoms with E-state index in [1.165, 1.54) is 0 Å². The van der Waals surface area contributed by atoms with Crippen LogP contribution in [0.1, 0.15) is 11.1 Å². The molecular formula is C56H45Cl2N7O3Si2. The molecule has 70 heavy (non-hydrogen) atoms. The van der Waals surface area contributed by atoms with E-state index in [1.807, 2.05) is 145 Å². The smallest absolute Gasteiger partial charge is 0.303 e. The molecule has 0 aliphatic rings. The molecule has 0 spiro atoms. The minimum atomic E-state index is -3.46. The van der Waals surface area contributed by atoms with Gasteiger partial charge in [-0.2, -0.15) is 0 Å². The fraction of sp³-hybridized carbons (Fsp3) is 0.0714. The van der Waals surface area contributed by atoms with Gasteiger partial charge >= 0.3 is 8.32 Å². The van der Waals surface area contributed by atoms with Gasteiger partial charge in [0, 0.05) is 90.0 Å². The van der Waals surface area contributed by atoms with Crippen molar-refractivity contribution in [3.05, 3.63) is 213 Å². The molecule has 10 rings (SSSR count). The number of nitrogens with zero attached hydrogens (tertiary/aromatic N) is 6. The number of aryl methyl sites for hydroxylation is 4. The summed E-state index contributed by atoms with van der Waals surface area (Å²) in [6.07, 6.45) is 18.3. The van der Waals surface area contributed by atoms with Crippen LogP contribution in [-0.2, 0) is 28.2 Å². The van der Waals surface area contributed by atoms with Gasteiger partial charge in [0.2, 0.25) is 8.24 Å². The van der Waals surface area contributed by atoms with Crippen LogP contribution in [0.25, 0.3) is 44.1 Å². The summed E-state index contributed by atoms with van der Waals surface area (Å²) < 4.78 is 7.09. The van der Waals surface area contributed by atoms with Crippen molar-refractivity contribution in [2.24, 2.45) is 33.6 Å². The molecule has 0 bridgehead atoms. The lowest BCUT2D eigenvalue weighted by Gasteiger charge is -2.29. The molecule has 344 valence electrons. The first-order valence-corrected chi connectivity index (χ1v) is 26.8. The minimum Gasteiger partial charge on any atom is -0.420 e. The second-order valence-electron chi connectivity index (χ2n) is 17.1. The summed E-state index contributed by atoms with van der Waals surface area (Å²) in [5.74, 6) is 5.34. The van der Waals surface area contributed by atoms with Crippen molar-refractivity contribution in [3.8, 4) is 46.9 Å². The highest BCUT2D eigenvalue weighted by molar-refractivity contribution is 7.09. The van der Waals surface area contributed by atoms with E-state index in [4.69, 9.17) is 41.4 Å². The zero-order valence-corrected chi connectivity index (χ0v) is 42.1. The van der Waals surface area contributed by atoms with Crippen molar-refractivity contribution in [1.29, 1.82) is 0 Å². The molecule has 3 N–H and O–H groups in total. The molecule has 0 fully saturated rings. The van der Waals surface area contributed by atoms with Crippen LogP contribution in [0, 0.1) is 24.7 Å². The van der Waals surface area contributed by atoms with Gasteiger partial charge in [-0.15, -0.1) is 12.8 Å². The van der Waals surface area contributed by atoms with Crippen molar-refractivity contribution in [3.63, 3.8) is 0 Å². The SMILES string of the molecule is C#Cc1cccc(-c2cc(=O)n(C)c3ccc([Si@](N)(c4ccc(Cl)cc4)c4cncn4C)cc23)c1.C#Cc1cccc(-c2cc(=O)n(C)c3ccc([Si@](O)(c4ccc(Cl)cc4)c4cncn4C)cc23)c1. The Morgan fingerprint density at radius 2 is 0.971 bits per heavy atom. The Balaban J connectivity index is 0.000000174. The third-order valence-electron chi connectivity index (χ3n) is 13.0. The van der Waals surface area contributed by atoms with E-state index in [2.05, 4.69) is 27.9 Å². The van der Waals surface area contributed by atoms with E-state index in [0.29, 0.717) is 10.0 Å². The Labute approximate surface area is 416 Å². The largest absolute Gasteiger partial charge is 0.420 e. The van der Waals surface area contributed by atoms with Crippen molar-refractivity contribution in [2.75, 3.05) is 0 Å². The molecule has 0 radical (unpaired) electrons. The normalized spacial score (nSPS) is 12.9. The minimum absolute atomic E-state index is 0.0908. The first-order valence-electron chi connectivity index (χ1n) is 22.0. The Morgan fingerprint density at radius 3 is 1.43 bits per heavy atom. The van der Waals surface area contributed by atoms with Crippen LogP contribution in [0.5, 0.6) is 0 Å². The number of fused-ring (bicyclic) bond motifs is 2. The fourth-order valence-corrected chi connectivity index (χ4v) is 15.8. The summed E-state index contributed by atoms with van der Waals surface area (Å²) >= 11 is 12.4. The number of hydrogen-bond donors (Lipinski definition) is 2. The van der Waals surface area contributed by atoms with E-state index >= 15 is 0 Å². The lowest BCUT2D eigenvalue weighted by Crippen LogP contribution is -2.75. The van der Waals surface area contributed by atoms with Gasteiger partial charge in [0.15, 0.2) is 0 Å². The Hall–Kier alpha value is -7.79. The highest BCUT2D eigenvalue weighted by atomic mass is 35.5. The number of imidazole rings is 2. The van der Waals surface area contributed by atoms with Gasteiger partial charge in [0.25, 0.3) is 11.1 Å². The zero-order chi connectivity index (χ0) is 49.5. The van der Waals surface area contributed by atoms with E-state index < -0.39 is 16.6 Å². The highest BCUT2D eigenvalue weighted by Gasteiger charge is 2.42. The van der Waals surface area contributed by atoms with Gasteiger partial charge in [-0.1, -0.05) is 102 Å². The Kier molecular flexibility index (Phi) is 12.8. The third-order valence-corrected chi connectivity index (χ3v) is 20.8. The molecule has 0 amide bonds. The van der Waals surface area contributed by atoms with E-state index in [-0.39, 0.29) is 11.1 Å². The number of hydrogen-bond acceptors (Lipinski definition) is 6. The number of pyridine rings is 2. The summed E-state index contributed by atoms with van der Waals surface area (Å²) in [5, 5.41) is 15.7. The number of rotatable bonds is 8. The number of aromatic nitrogens is 6. The van der Waals surface area contributed by atoms with Gasteiger partial charge in [-0.05, 0) is 110 Å². The van der Waals surface area contributed by atoms with E-state index in [1.54, 1.807) is 66.3 Å². The second-order valence-corrected chi connectivity index (χ2v) is 24.4. The van der Waals surface area contributed by atoms with Crippen molar-refractivity contribution in [1.82, 2.24) is 28.2 Å². The molecule has 10 nitrogen and oxygen atoms in total. The van der Waals surface area contributed by atoms with Gasteiger partial charge in [0.05, 0.1) is 29.0 Å². The molecule has 0 saturated carbocycles. The first kappa shape index (κ1) is 47.3. The highest BCUT2D eigenvalue weighted by Crippen LogP contribution is 2.29. The summed E-state index contributed by atoms with van der Waals surface area (Å²) in [6, 6.07) is 45.4. The first-order chi connectivity index (χ1) is 33.6. The van der Waals surface area contributed by atoms with Crippen LogP contribution in [0.2, 0.25) is 10.0 Å². The number of nitrogens with two attached hydrogens (primary N) is 1. The maximum absolute atomic E-state index is 12.8. The summed E-state index contributed by atoms with van der Waals surface area (Å²) in [7, 11) is 0.927. The summed E-state index contributed by atoms with van der Waals surface area (Å²) in [4.78, 5) is 46.7. The van der Waals surface area contributed by atoms with Crippen molar-refractivity contribution in [2.45, 2.75) is 0 Å². The molecule has 0 aliphatic heterocycles. The van der Waals surface area contributed by atoms with Crippen LogP contribution in [-0.4, -0.2) is 49.6 Å². The van der Waals surface area contributed by atoms with E-state index in [9.17, 15) is 14.4 Å². The summed E-state index contributed by atoms with van der Waals surface area (Å²) in [6.45, 7) is 0. The fourth-order valence-electron chi connectivity index (χ4n) is 9.19. The molecule has 2 atom stereocenters. The molecule has 0 unspecified atom stereocenters. The predicted octanol–water partition coefficient (Wildman–Crippen LogP) is 5.03. The predicted molar refractivity (Wildman–Crippen MR) is 290 cm³/mol. The molecule has 10 aromatic rings. The van der Waals surface area contributed by atoms with E-state index in [0.717, 1.165) is 86.6 Å². The standard InChI is InChI=1S/C28H23ClN4OSi.C28H22ClN3O2Si/c1-4-19-6-5-7-20(14-19)24-16-27(34)33(3)26-13-12-23(15-25(24)26)35(30,28-17-31-18-32(28)2)22-10-8-21(29)9-11-22;1-4-19-6-5-7-20(14-19)24-16-27(33)32(3)26-13-12-23(15-25(24)26)35(34,28-17-30-18-31(28)2)22-10-8-21(29)9-11-22/h1,5-18H,30H2,2-3H3;1,5-18,34H,2-3H3/t2*35-/m11/s1. The molecule has 14 heteroatoms. The van der Waals surface area contributed by atoms with Gasteiger partial charge in [-0.3, -0.25) is 9.59 Å². The number of halogens is 2. The average Bonchev–Trinajstić information content (AvgIpc) is 4.03. The van der Waals surface area contributed by atoms with Crippen LogP contribution in [0.15, 0.2) is 180 Å². The number of benzene rings is 6. The van der Waals surface area contributed by atoms with Gasteiger partial charge in [-0.25, -0.2) is 9.97 Å². The van der Waals surface area contributed by atoms with Crippen molar-refractivity contribution < 1.29 is 4.80 Å². The average molecular weight is 991 g/mol. The molecule has 0 aliphatic carbocycles. The van der Waals surface area contributed by atoms with Crippen LogP contribution < -0.4 is 47.9 Å². The lowest BCUT2D eigenvalue weighted by atomic mass is 9.99. The van der Waals surface area contributed by atoms with Crippen molar-refractivity contribution >= 4 is 92.9 Å². The summed E-state index contributed by atoms with van der Waals surface area (Å²) in [5.41, 5.74) is 6.17. The second kappa shape index (κ2) is 19.0. The molecule has 6 aromatic carbocycles. The molecule has 4 aromatic heterocycles. The van der Waals surface area contributed by atoms with Crippen LogP contribution >= 0.6 is 23.2 Å². The molecular weight excluding hydrogens is 946 g/mol. The monoisotopic (exact) mass is 989 g/mol. The number of terminal acetylenes is 2. The Bertz CT molecular complexity index is 3620. The van der Waals surface area contributed by atoms with Gasteiger partial charge < -0.3 is 28.5 Å². The van der Waals surface area contributed by atoms with Crippen LogP contribution in [0.3, 0.4) is 0 Å². The molecule has 4 heterocycles. The van der Waals surface area contributed by atoms with Gasteiger partial charge in [0.1, 0.15) is 0 Å². The maximum atomic E-state index is 12.8. The maximum Gasteiger partial charge on any atom is 0.303 e. The topological polar surface area (TPSA) is 126 Å². The Morgan fingerprint density at radius 1 is 0.543 bits per heavy atom.